The molecule has 136 valence electrons. The Bertz CT molecular complexity index is 918. The summed E-state index contributed by atoms with van der Waals surface area (Å²) in [7, 11) is -2.06. The van der Waals surface area contributed by atoms with Crippen LogP contribution >= 0.6 is 0 Å². The van der Waals surface area contributed by atoms with Crippen molar-refractivity contribution in [3.63, 3.8) is 0 Å². The molecule has 0 atom stereocenters. The van der Waals surface area contributed by atoms with E-state index in [0.717, 1.165) is 6.26 Å². The Balaban J connectivity index is 2.08. The van der Waals surface area contributed by atoms with Gasteiger partial charge in [0.1, 0.15) is 5.75 Å². The van der Waals surface area contributed by atoms with Gasteiger partial charge in [0.15, 0.2) is 0 Å². The first kappa shape index (κ1) is 19.3. The molecule has 2 rings (SSSR count). The molecule has 0 unspecified atom stereocenters. The molecule has 0 aliphatic heterocycles. The molecule has 0 aliphatic rings. The van der Waals surface area contributed by atoms with E-state index in [0.29, 0.717) is 22.6 Å². The number of amides is 1. The van der Waals surface area contributed by atoms with E-state index >= 15 is 0 Å². The van der Waals surface area contributed by atoms with Gasteiger partial charge in [0, 0.05) is 6.54 Å². The highest BCUT2D eigenvalue weighted by atomic mass is 32.2. The molecule has 2 aromatic carbocycles. The Hall–Kier alpha value is -3.05. The summed E-state index contributed by atoms with van der Waals surface area (Å²) in [5.41, 5.74) is 1.24. The summed E-state index contributed by atoms with van der Waals surface area (Å²) in [6.45, 7) is 0.176. The maximum Gasteiger partial charge on any atom is 0.255 e. The van der Waals surface area contributed by atoms with Gasteiger partial charge in [0.2, 0.25) is 10.0 Å². The minimum absolute atomic E-state index is 0.0611. The number of hydrogen-bond acceptors (Lipinski definition) is 5. The van der Waals surface area contributed by atoms with Gasteiger partial charge in [-0.2, -0.15) is 5.26 Å². The first-order valence-corrected chi connectivity index (χ1v) is 9.60. The fourth-order valence-electron chi connectivity index (χ4n) is 2.39. The van der Waals surface area contributed by atoms with Crippen molar-refractivity contribution in [1.29, 1.82) is 5.26 Å². The van der Waals surface area contributed by atoms with Crippen LogP contribution in [0.1, 0.15) is 15.9 Å². The van der Waals surface area contributed by atoms with Crippen LogP contribution in [0.4, 0.5) is 5.69 Å². The summed E-state index contributed by atoms with van der Waals surface area (Å²) in [4.78, 5) is 12.3. The van der Waals surface area contributed by atoms with E-state index in [1.807, 2.05) is 6.07 Å². The second-order valence-electron chi connectivity index (χ2n) is 5.45. The Morgan fingerprint density at radius 2 is 1.85 bits per heavy atom. The highest BCUT2D eigenvalue weighted by Crippen LogP contribution is 2.19. The average molecular weight is 373 g/mol. The fraction of sp³-hybridized carbons (Fsp3) is 0.222. The van der Waals surface area contributed by atoms with Gasteiger partial charge in [-0.05, 0) is 36.4 Å². The Morgan fingerprint density at radius 1 is 1.19 bits per heavy atom. The molecule has 0 radical (unpaired) electrons. The molecular weight excluding hydrogens is 354 g/mol. The van der Waals surface area contributed by atoms with Crippen molar-refractivity contribution in [1.82, 2.24) is 5.32 Å². The summed E-state index contributed by atoms with van der Waals surface area (Å²) < 4.78 is 30.4. The Kier molecular flexibility index (Phi) is 6.20. The molecule has 26 heavy (non-hydrogen) atoms. The van der Waals surface area contributed by atoms with Crippen LogP contribution in [0, 0.1) is 11.3 Å². The summed E-state index contributed by atoms with van der Waals surface area (Å²) in [6.07, 6.45) is 1.09. The Morgan fingerprint density at radius 3 is 2.42 bits per heavy atom. The lowest BCUT2D eigenvalue weighted by Gasteiger charge is -2.22. The first-order chi connectivity index (χ1) is 12.4. The lowest BCUT2D eigenvalue weighted by Crippen LogP contribution is -2.38. The number of benzene rings is 2. The van der Waals surface area contributed by atoms with E-state index in [1.165, 1.54) is 11.4 Å². The number of rotatable bonds is 7. The predicted molar refractivity (Wildman–Crippen MR) is 98.7 cm³/mol. The van der Waals surface area contributed by atoms with E-state index in [2.05, 4.69) is 5.32 Å². The van der Waals surface area contributed by atoms with Crippen LogP contribution in [-0.4, -0.2) is 40.8 Å². The summed E-state index contributed by atoms with van der Waals surface area (Å²) in [5.74, 6) is 0.0905. The van der Waals surface area contributed by atoms with Crippen molar-refractivity contribution in [2.45, 2.75) is 0 Å². The molecule has 0 bridgehead atoms. The highest BCUT2D eigenvalue weighted by Gasteiger charge is 2.18. The lowest BCUT2D eigenvalue weighted by molar-refractivity contribution is 0.0952. The van der Waals surface area contributed by atoms with Crippen LogP contribution in [0.5, 0.6) is 5.75 Å². The molecule has 0 saturated carbocycles. The maximum atomic E-state index is 12.3. The molecule has 1 N–H and O–H groups in total. The largest absolute Gasteiger partial charge is 0.496 e. The molecule has 8 heteroatoms. The molecule has 0 fully saturated rings. The normalized spacial score (nSPS) is 10.7. The molecule has 0 aromatic heterocycles. The van der Waals surface area contributed by atoms with E-state index in [-0.39, 0.29) is 19.0 Å². The van der Waals surface area contributed by atoms with Crippen LogP contribution in [0.2, 0.25) is 0 Å². The minimum Gasteiger partial charge on any atom is -0.496 e. The quantitative estimate of drug-likeness (QED) is 0.797. The van der Waals surface area contributed by atoms with Crippen LogP contribution in [0.3, 0.4) is 0 Å². The van der Waals surface area contributed by atoms with Gasteiger partial charge in [-0.15, -0.1) is 0 Å². The predicted octanol–water partition coefficient (Wildman–Crippen LogP) is 1.76. The second kappa shape index (κ2) is 8.36. The van der Waals surface area contributed by atoms with Crippen molar-refractivity contribution in [3.05, 3.63) is 59.7 Å². The van der Waals surface area contributed by atoms with Gasteiger partial charge >= 0.3 is 0 Å². The summed E-state index contributed by atoms with van der Waals surface area (Å²) in [5, 5.41) is 11.5. The number of methoxy groups -OCH3 is 1. The number of carbonyl (C=O) groups excluding carboxylic acids is 1. The lowest BCUT2D eigenvalue weighted by atomic mass is 10.2. The van der Waals surface area contributed by atoms with E-state index in [1.54, 1.807) is 48.5 Å². The Labute approximate surface area is 152 Å². The van der Waals surface area contributed by atoms with Crippen LogP contribution in [-0.2, 0) is 10.0 Å². The number of nitrogens with one attached hydrogen (secondary N) is 1. The number of ether oxygens (including phenoxy) is 1. The molecule has 0 spiro atoms. The third-order valence-electron chi connectivity index (χ3n) is 3.64. The number of carbonyl (C=O) groups is 1. The molecule has 0 saturated heterocycles. The standard InChI is InChI=1S/C18H19N3O4S/c1-25-17-6-4-3-5-16(17)18(22)20-11-12-21(26(2,23)24)15-9-7-14(13-19)8-10-15/h3-10H,11-12H2,1-2H3,(H,20,22). The minimum atomic E-state index is -3.54. The zero-order valence-corrected chi connectivity index (χ0v) is 15.3. The van der Waals surface area contributed by atoms with Gasteiger partial charge in [0.05, 0.1) is 42.8 Å². The fourth-order valence-corrected chi connectivity index (χ4v) is 3.31. The SMILES string of the molecule is COc1ccccc1C(=O)NCCN(c1ccc(C#N)cc1)S(C)(=O)=O. The van der Waals surface area contributed by atoms with Gasteiger partial charge in [-0.3, -0.25) is 9.10 Å². The summed E-state index contributed by atoms with van der Waals surface area (Å²) in [6, 6.07) is 15.0. The van der Waals surface area contributed by atoms with Crippen LogP contribution in [0.25, 0.3) is 0 Å². The smallest absolute Gasteiger partial charge is 0.255 e. The molecule has 1 amide bonds. The van der Waals surface area contributed by atoms with Crippen molar-refractivity contribution in [3.8, 4) is 11.8 Å². The molecule has 2 aromatic rings. The third-order valence-corrected chi connectivity index (χ3v) is 4.83. The number of nitriles is 1. The molecule has 7 nitrogen and oxygen atoms in total. The van der Waals surface area contributed by atoms with E-state index in [9.17, 15) is 13.2 Å². The van der Waals surface area contributed by atoms with Crippen molar-refractivity contribution in [2.75, 3.05) is 30.8 Å². The number of nitrogens with zero attached hydrogens (tertiary/aromatic N) is 2. The van der Waals surface area contributed by atoms with Crippen molar-refractivity contribution >= 4 is 21.6 Å². The van der Waals surface area contributed by atoms with Crippen molar-refractivity contribution in [2.24, 2.45) is 0 Å². The van der Waals surface area contributed by atoms with Gasteiger partial charge < -0.3 is 10.1 Å². The zero-order valence-electron chi connectivity index (χ0n) is 14.5. The van der Waals surface area contributed by atoms with Crippen LogP contribution in [0.15, 0.2) is 48.5 Å². The topological polar surface area (TPSA) is 99.5 Å². The second-order valence-corrected chi connectivity index (χ2v) is 7.36. The van der Waals surface area contributed by atoms with Crippen LogP contribution < -0.4 is 14.4 Å². The van der Waals surface area contributed by atoms with Crippen molar-refractivity contribution < 1.29 is 17.9 Å². The first-order valence-electron chi connectivity index (χ1n) is 7.76. The van der Waals surface area contributed by atoms with Gasteiger partial charge in [-0.25, -0.2) is 8.42 Å². The third kappa shape index (κ3) is 4.74. The summed E-state index contributed by atoms with van der Waals surface area (Å²) >= 11 is 0. The molecule has 0 aliphatic carbocycles. The molecule has 0 heterocycles. The van der Waals surface area contributed by atoms with E-state index in [4.69, 9.17) is 10.00 Å². The zero-order chi connectivity index (χ0) is 19.2. The van der Waals surface area contributed by atoms with E-state index < -0.39 is 10.0 Å². The number of anilines is 1. The average Bonchev–Trinajstić information content (AvgIpc) is 2.64. The highest BCUT2D eigenvalue weighted by molar-refractivity contribution is 7.92. The monoisotopic (exact) mass is 373 g/mol. The maximum absolute atomic E-state index is 12.3. The number of para-hydroxylation sites is 1. The number of sulfonamides is 1. The van der Waals surface area contributed by atoms with Gasteiger partial charge in [-0.1, -0.05) is 12.1 Å². The molecular formula is C18H19N3O4S. The number of hydrogen-bond donors (Lipinski definition) is 1. The van der Waals surface area contributed by atoms with Gasteiger partial charge in [0.25, 0.3) is 5.91 Å².